The van der Waals surface area contributed by atoms with E-state index in [-0.39, 0.29) is 40.2 Å². The highest BCUT2D eigenvalue weighted by atomic mass is 16.5. The maximum Gasteiger partial charge on any atom is 0.266 e. The smallest absolute Gasteiger partial charge is 0.266 e. The lowest BCUT2D eigenvalue weighted by Gasteiger charge is -2.26. The van der Waals surface area contributed by atoms with Crippen LogP contribution < -0.4 is 28.7 Å². The molecule has 0 N–H and O–H groups in total. The fraction of sp³-hybridized carbons (Fsp3) is 0.200. The first kappa shape index (κ1) is 65.2. The quantitative estimate of drug-likeness (QED) is 0.0567. The molecule has 0 spiro atoms. The molecule has 13 rings (SSSR count). The fourth-order valence-corrected chi connectivity index (χ4v) is 13.4. The maximum atomic E-state index is 14.0. The average molecular weight is 1300 g/mol. The third-order valence-corrected chi connectivity index (χ3v) is 19.2. The first-order valence-corrected chi connectivity index (χ1v) is 33.5. The van der Waals surface area contributed by atoms with Crippen molar-refractivity contribution in [2.24, 2.45) is 0 Å². The molecule has 0 aromatic heterocycles. The Balaban J connectivity index is 0.589. The van der Waals surface area contributed by atoms with Crippen molar-refractivity contribution in [2.75, 3.05) is 16.3 Å². The van der Waals surface area contributed by atoms with Gasteiger partial charge in [-0.1, -0.05) is 134 Å². The zero-order chi connectivity index (χ0) is 68.6. The molecule has 0 atom stereocenters. The number of carbonyl (C=O) groups excluding carboxylic acids is 6. The largest absolute Gasteiger partial charge is 0.457 e. The Hall–Kier alpha value is -11.4. The van der Waals surface area contributed by atoms with E-state index in [0.717, 1.165) is 64.2 Å². The van der Waals surface area contributed by atoms with Crippen LogP contribution in [-0.4, -0.2) is 46.9 Å². The minimum absolute atomic E-state index is 0.240. The van der Waals surface area contributed by atoms with Gasteiger partial charge in [0.1, 0.15) is 46.0 Å². The summed E-state index contributed by atoms with van der Waals surface area (Å²) in [6.07, 6.45) is 7.69. The summed E-state index contributed by atoms with van der Waals surface area (Å²) in [5.41, 5.74) is 14.6. The summed E-state index contributed by atoms with van der Waals surface area (Å²) in [5, 5.41) is 0. The Bertz CT molecular complexity index is 4730. The molecule has 0 radical (unpaired) electrons. The lowest BCUT2D eigenvalue weighted by molar-refractivity contribution is -0.120. The predicted molar refractivity (Wildman–Crippen MR) is 381 cm³/mol. The van der Waals surface area contributed by atoms with Gasteiger partial charge in [-0.2, -0.15) is 0 Å². The van der Waals surface area contributed by atoms with Crippen LogP contribution in [0.5, 0.6) is 46.0 Å². The lowest BCUT2D eigenvalue weighted by Crippen LogP contribution is -2.32. The van der Waals surface area contributed by atoms with Crippen LogP contribution in [0.1, 0.15) is 158 Å². The Morgan fingerprint density at radius 1 is 0.316 bits per heavy atom. The molecule has 10 aromatic carbocycles. The van der Waals surface area contributed by atoms with Crippen LogP contribution in [0.4, 0.5) is 11.4 Å². The van der Waals surface area contributed by atoms with E-state index in [4.69, 9.17) is 18.9 Å². The van der Waals surface area contributed by atoms with Gasteiger partial charge in [-0.15, -0.1) is 0 Å². The Morgan fingerprint density at radius 3 is 1.03 bits per heavy atom. The van der Waals surface area contributed by atoms with Crippen LogP contribution in [-0.2, 0) is 58.9 Å². The molecule has 3 aliphatic heterocycles. The number of hydrogen-bond donors (Lipinski definition) is 0. The molecule has 0 fully saturated rings. The van der Waals surface area contributed by atoms with Gasteiger partial charge in [-0.25, -0.2) is 9.80 Å². The van der Waals surface area contributed by atoms with E-state index in [1.165, 1.54) is 56.0 Å². The Kier molecular flexibility index (Phi) is 18.0. The topological polar surface area (TPSA) is 149 Å². The molecule has 13 nitrogen and oxygen atoms in total. The molecule has 0 aliphatic carbocycles. The number of amides is 6. The van der Waals surface area contributed by atoms with Crippen molar-refractivity contribution < 1.29 is 47.7 Å². The van der Waals surface area contributed by atoms with Crippen molar-refractivity contribution in [3.05, 3.63) is 308 Å². The van der Waals surface area contributed by atoms with Crippen LogP contribution >= 0.6 is 0 Å². The molecule has 0 saturated heterocycles. The second-order valence-electron chi connectivity index (χ2n) is 26.1. The number of ether oxygens (including phenoxy) is 4. The number of carbonyl (C=O) groups is 6. The van der Waals surface area contributed by atoms with Gasteiger partial charge < -0.3 is 18.9 Å². The standard InChI is InChI=1S/C85H75N3O10/c1-9-53-45-54(10-2)47-55(46-53)48-56-49-57(11-3)73(58(12-4)50-56)43-44-86-80(91)74-39-37-71(51-76(74)81(86)92)97-67-29-17-61(18-30-67)85(7,8)62-19-31-68(32-20-62)98-72-38-40-75-77(52-72)83(94)88(82(75)93)64-23-35-70(36-24-64)96-66-27-15-60(16-28-66)84(5,6)59-13-25-65(26-14-59)95-69-33-21-63(22-34-69)87-78(89)41-42-79(87)90/h13-42,45-47,49-52H,9-12,43-44,48H2,1-8H3. The number of aryl methyl sites for hydroxylation is 4. The summed E-state index contributed by atoms with van der Waals surface area (Å²) in [6.45, 7) is 17.6. The van der Waals surface area contributed by atoms with Gasteiger partial charge >= 0.3 is 0 Å². The van der Waals surface area contributed by atoms with E-state index in [1.807, 2.05) is 97.1 Å². The van der Waals surface area contributed by atoms with Gasteiger partial charge in [0.05, 0.1) is 33.6 Å². The van der Waals surface area contributed by atoms with Crippen molar-refractivity contribution in [3.63, 3.8) is 0 Å². The van der Waals surface area contributed by atoms with Crippen LogP contribution in [0.2, 0.25) is 0 Å². The van der Waals surface area contributed by atoms with Crippen molar-refractivity contribution in [1.29, 1.82) is 0 Å². The molecule has 13 heteroatoms. The van der Waals surface area contributed by atoms with E-state index < -0.39 is 17.2 Å². The number of hydrogen-bond acceptors (Lipinski definition) is 10. The molecule has 10 aromatic rings. The number of rotatable bonds is 23. The molecule has 0 bridgehead atoms. The number of anilines is 2. The third-order valence-electron chi connectivity index (χ3n) is 19.2. The number of benzene rings is 10. The molecule has 490 valence electrons. The molecule has 3 heterocycles. The lowest BCUT2D eigenvalue weighted by atomic mass is 9.78. The average Bonchev–Trinajstić information content (AvgIpc) is 1.49. The van der Waals surface area contributed by atoms with Gasteiger partial charge in [0.25, 0.3) is 35.4 Å². The van der Waals surface area contributed by atoms with Crippen LogP contribution in [0.15, 0.2) is 224 Å². The maximum absolute atomic E-state index is 14.0. The molecule has 6 amide bonds. The molecular weight excluding hydrogens is 1220 g/mol. The first-order chi connectivity index (χ1) is 47.3. The Morgan fingerprint density at radius 2 is 0.633 bits per heavy atom. The molecule has 3 aliphatic rings. The van der Waals surface area contributed by atoms with Crippen molar-refractivity contribution in [2.45, 2.75) is 105 Å². The van der Waals surface area contributed by atoms with Crippen LogP contribution in [0, 0.1) is 0 Å². The summed E-state index contributed by atoms with van der Waals surface area (Å²) in [7, 11) is 0. The second-order valence-corrected chi connectivity index (χ2v) is 26.1. The molecule has 0 unspecified atom stereocenters. The van der Waals surface area contributed by atoms with E-state index in [0.29, 0.717) is 81.5 Å². The van der Waals surface area contributed by atoms with E-state index in [1.54, 1.807) is 84.9 Å². The number of nitrogens with zero attached hydrogens (tertiary/aromatic N) is 3. The molecular formula is C85H75N3O10. The summed E-state index contributed by atoms with van der Waals surface area (Å²) in [4.78, 5) is 83.3. The van der Waals surface area contributed by atoms with Gasteiger partial charge in [0, 0.05) is 29.5 Å². The van der Waals surface area contributed by atoms with E-state index >= 15 is 0 Å². The first-order valence-electron chi connectivity index (χ1n) is 33.5. The fourth-order valence-electron chi connectivity index (χ4n) is 13.4. The number of imide groups is 3. The highest BCUT2D eigenvalue weighted by molar-refractivity contribution is 6.34. The SMILES string of the molecule is CCc1cc(CC)cc(Cc2cc(CC)c(CCN3C(=O)c4ccc(Oc5ccc(C(C)(C)c6ccc(Oc7ccc8c(c7)C(=O)N(c7ccc(Oc9ccc(C(C)(C)c%10ccc(Oc%11ccc(N%12C(=O)C=CC%12=O)cc%11)cc%10)cc9)cc7)C8=O)cc6)cc5)cc4C3=O)c(CC)c2)c1. The normalized spacial score (nSPS) is 13.6. The van der Waals surface area contributed by atoms with Gasteiger partial charge in [-0.3, -0.25) is 33.7 Å². The highest BCUT2D eigenvalue weighted by Gasteiger charge is 2.38. The van der Waals surface area contributed by atoms with E-state index in [9.17, 15) is 28.8 Å². The van der Waals surface area contributed by atoms with E-state index in [2.05, 4.69) is 85.7 Å². The summed E-state index contributed by atoms with van der Waals surface area (Å²) < 4.78 is 24.9. The second kappa shape index (κ2) is 27.0. The Labute approximate surface area is 571 Å². The van der Waals surface area contributed by atoms with Crippen molar-refractivity contribution in [3.8, 4) is 46.0 Å². The summed E-state index contributed by atoms with van der Waals surface area (Å²) in [5.74, 6) is 2.11. The monoisotopic (exact) mass is 1300 g/mol. The van der Waals surface area contributed by atoms with Crippen molar-refractivity contribution in [1.82, 2.24) is 4.90 Å². The minimum atomic E-state index is -0.460. The third kappa shape index (κ3) is 13.1. The zero-order valence-electron chi connectivity index (χ0n) is 56.2. The van der Waals surface area contributed by atoms with Crippen LogP contribution in [0.3, 0.4) is 0 Å². The van der Waals surface area contributed by atoms with Gasteiger partial charge in [-0.05, 0) is 233 Å². The summed E-state index contributed by atoms with van der Waals surface area (Å²) >= 11 is 0. The molecule has 98 heavy (non-hydrogen) atoms. The van der Waals surface area contributed by atoms with Gasteiger partial charge in [0.2, 0.25) is 0 Å². The van der Waals surface area contributed by atoms with Crippen LogP contribution in [0.25, 0.3) is 0 Å². The zero-order valence-corrected chi connectivity index (χ0v) is 56.2. The minimum Gasteiger partial charge on any atom is -0.457 e. The van der Waals surface area contributed by atoms with Gasteiger partial charge in [0.15, 0.2) is 0 Å². The summed E-state index contributed by atoms with van der Waals surface area (Å²) in [6, 6.07) is 66.5. The molecule has 0 saturated carbocycles. The van der Waals surface area contributed by atoms with Crippen molar-refractivity contribution >= 4 is 46.8 Å². The number of fused-ring (bicyclic) bond motifs is 2. The highest BCUT2D eigenvalue weighted by Crippen LogP contribution is 2.40. The predicted octanol–water partition coefficient (Wildman–Crippen LogP) is 18.4.